The van der Waals surface area contributed by atoms with E-state index in [0.717, 1.165) is 23.8 Å². The summed E-state index contributed by atoms with van der Waals surface area (Å²) in [4.78, 5) is 25.0. The van der Waals surface area contributed by atoms with Gasteiger partial charge in [-0.25, -0.2) is 14.8 Å². The topological polar surface area (TPSA) is 70.6 Å². The van der Waals surface area contributed by atoms with Crippen molar-refractivity contribution in [2.45, 2.75) is 26.5 Å². The summed E-state index contributed by atoms with van der Waals surface area (Å²) in [6.07, 6.45) is 3.55. The second kappa shape index (κ2) is 8.15. The molecule has 1 N–H and O–H groups in total. The van der Waals surface area contributed by atoms with Crippen LogP contribution in [-0.4, -0.2) is 53.2 Å². The normalized spacial score (nSPS) is 14.7. The van der Waals surface area contributed by atoms with E-state index in [1.165, 1.54) is 0 Å². The number of rotatable bonds is 5. The minimum atomic E-state index is -0.0573. The SMILES string of the molecule is CC(C)Oc1ncccc1CNC(=O)N1CCN(c2nccs2)CC1. The van der Waals surface area contributed by atoms with Crippen molar-refractivity contribution in [1.29, 1.82) is 0 Å². The Hall–Kier alpha value is -2.35. The first-order valence-corrected chi connectivity index (χ1v) is 9.29. The van der Waals surface area contributed by atoms with Gasteiger partial charge in [0, 0.05) is 56.1 Å². The number of pyridine rings is 1. The Labute approximate surface area is 151 Å². The number of aromatic nitrogens is 2. The van der Waals surface area contributed by atoms with E-state index < -0.39 is 0 Å². The van der Waals surface area contributed by atoms with Crippen LogP contribution in [0.2, 0.25) is 0 Å². The Balaban J connectivity index is 1.50. The van der Waals surface area contributed by atoms with Crippen molar-refractivity contribution in [3.05, 3.63) is 35.5 Å². The maximum Gasteiger partial charge on any atom is 0.317 e. The number of anilines is 1. The lowest BCUT2D eigenvalue weighted by Gasteiger charge is -2.34. The molecule has 25 heavy (non-hydrogen) atoms. The Kier molecular flexibility index (Phi) is 5.70. The first-order valence-electron chi connectivity index (χ1n) is 8.41. The third-order valence-electron chi connectivity index (χ3n) is 3.88. The number of piperazine rings is 1. The van der Waals surface area contributed by atoms with Crippen molar-refractivity contribution in [3.8, 4) is 5.88 Å². The van der Waals surface area contributed by atoms with Crippen LogP contribution in [0.5, 0.6) is 5.88 Å². The largest absolute Gasteiger partial charge is 0.475 e. The maximum absolute atomic E-state index is 12.4. The van der Waals surface area contributed by atoms with Gasteiger partial charge in [0.25, 0.3) is 0 Å². The Bertz CT molecular complexity index is 684. The number of carbonyl (C=O) groups is 1. The zero-order valence-corrected chi connectivity index (χ0v) is 15.3. The van der Waals surface area contributed by atoms with Crippen molar-refractivity contribution in [3.63, 3.8) is 0 Å². The van der Waals surface area contributed by atoms with Crippen LogP contribution in [-0.2, 0) is 6.54 Å². The predicted octanol–water partition coefficient (Wildman–Crippen LogP) is 2.36. The van der Waals surface area contributed by atoms with Gasteiger partial charge in [-0.2, -0.15) is 0 Å². The summed E-state index contributed by atoms with van der Waals surface area (Å²) in [5.41, 5.74) is 0.881. The van der Waals surface area contributed by atoms with E-state index in [9.17, 15) is 4.79 Å². The van der Waals surface area contributed by atoms with Gasteiger partial charge < -0.3 is 19.9 Å². The van der Waals surface area contributed by atoms with Crippen molar-refractivity contribution >= 4 is 22.5 Å². The third-order valence-corrected chi connectivity index (χ3v) is 4.72. The molecule has 0 aromatic carbocycles. The minimum Gasteiger partial charge on any atom is -0.475 e. The molecule has 2 amide bonds. The van der Waals surface area contributed by atoms with Gasteiger partial charge in [-0.15, -0.1) is 11.3 Å². The molecule has 134 valence electrons. The van der Waals surface area contributed by atoms with Crippen molar-refractivity contribution in [1.82, 2.24) is 20.2 Å². The quantitative estimate of drug-likeness (QED) is 0.885. The zero-order chi connectivity index (χ0) is 17.6. The summed E-state index contributed by atoms with van der Waals surface area (Å²) in [6.45, 7) is 7.30. The molecule has 3 heterocycles. The molecular formula is C17H23N5O2S. The molecule has 0 bridgehead atoms. The molecular weight excluding hydrogens is 338 g/mol. The van der Waals surface area contributed by atoms with Crippen molar-refractivity contribution < 1.29 is 9.53 Å². The average Bonchev–Trinajstić information content (AvgIpc) is 3.15. The number of carbonyl (C=O) groups excluding carboxylic acids is 1. The number of hydrogen-bond acceptors (Lipinski definition) is 6. The Morgan fingerprint density at radius 2 is 2.08 bits per heavy atom. The van der Waals surface area contributed by atoms with Gasteiger partial charge in [0.15, 0.2) is 5.13 Å². The molecule has 0 atom stereocenters. The number of ether oxygens (including phenoxy) is 1. The van der Waals surface area contributed by atoms with Crippen LogP contribution in [0.25, 0.3) is 0 Å². The summed E-state index contributed by atoms with van der Waals surface area (Å²) in [5, 5.41) is 5.96. The highest BCUT2D eigenvalue weighted by Crippen LogP contribution is 2.19. The number of urea groups is 1. The Morgan fingerprint density at radius 3 is 2.76 bits per heavy atom. The monoisotopic (exact) mass is 361 g/mol. The first kappa shape index (κ1) is 17.5. The van der Waals surface area contributed by atoms with E-state index in [1.807, 2.05) is 42.5 Å². The summed E-state index contributed by atoms with van der Waals surface area (Å²) in [6, 6.07) is 3.71. The summed E-state index contributed by atoms with van der Waals surface area (Å²) >= 11 is 1.63. The first-order chi connectivity index (χ1) is 12.1. The molecule has 1 saturated heterocycles. The van der Waals surface area contributed by atoms with Crippen LogP contribution in [0, 0.1) is 0 Å². The molecule has 0 unspecified atom stereocenters. The average molecular weight is 361 g/mol. The highest BCUT2D eigenvalue weighted by molar-refractivity contribution is 7.13. The molecule has 7 nitrogen and oxygen atoms in total. The highest BCUT2D eigenvalue weighted by atomic mass is 32.1. The lowest BCUT2D eigenvalue weighted by molar-refractivity contribution is 0.193. The van der Waals surface area contributed by atoms with Gasteiger partial charge in [-0.1, -0.05) is 6.07 Å². The van der Waals surface area contributed by atoms with E-state index in [-0.39, 0.29) is 12.1 Å². The maximum atomic E-state index is 12.4. The molecule has 1 fully saturated rings. The van der Waals surface area contributed by atoms with Crippen molar-refractivity contribution in [2.24, 2.45) is 0 Å². The number of nitrogens with zero attached hydrogens (tertiary/aromatic N) is 4. The molecule has 0 radical (unpaired) electrons. The number of thiazole rings is 1. The van der Waals surface area contributed by atoms with E-state index >= 15 is 0 Å². The predicted molar refractivity (Wildman–Crippen MR) is 98.1 cm³/mol. The second-order valence-electron chi connectivity index (χ2n) is 6.08. The molecule has 1 aliphatic rings. The smallest absolute Gasteiger partial charge is 0.317 e. The van der Waals surface area contributed by atoms with Crippen LogP contribution in [0.15, 0.2) is 29.9 Å². The minimum absolute atomic E-state index is 0.0447. The molecule has 0 saturated carbocycles. The summed E-state index contributed by atoms with van der Waals surface area (Å²) in [7, 11) is 0. The van der Waals surface area contributed by atoms with Crippen LogP contribution in [0.4, 0.5) is 9.93 Å². The van der Waals surface area contributed by atoms with E-state index in [2.05, 4.69) is 20.2 Å². The van der Waals surface area contributed by atoms with E-state index in [1.54, 1.807) is 17.5 Å². The summed E-state index contributed by atoms with van der Waals surface area (Å²) in [5.74, 6) is 0.575. The fraction of sp³-hybridized carbons (Fsp3) is 0.471. The number of amides is 2. The number of hydrogen-bond donors (Lipinski definition) is 1. The fourth-order valence-corrected chi connectivity index (χ4v) is 3.34. The van der Waals surface area contributed by atoms with Crippen LogP contribution in [0.3, 0.4) is 0 Å². The molecule has 0 aliphatic carbocycles. The lowest BCUT2D eigenvalue weighted by atomic mass is 10.2. The van der Waals surface area contributed by atoms with Gasteiger partial charge in [0.1, 0.15) is 0 Å². The van der Waals surface area contributed by atoms with Crippen molar-refractivity contribution in [2.75, 3.05) is 31.1 Å². The molecule has 2 aromatic heterocycles. The fourth-order valence-electron chi connectivity index (χ4n) is 2.64. The summed E-state index contributed by atoms with van der Waals surface area (Å²) < 4.78 is 5.69. The van der Waals surface area contributed by atoms with Crippen LogP contribution in [0.1, 0.15) is 19.4 Å². The lowest BCUT2D eigenvalue weighted by Crippen LogP contribution is -2.51. The highest BCUT2D eigenvalue weighted by Gasteiger charge is 2.22. The van der Waals surface area contributed by atoms with Gasteiger partial charge in [0.05, 0.1) is 6.10 Å². The molecule has 3 rings (SSSR count). The molecule has 8 heteroatoms. The molecule has 0 spiro atoms. The Morgan fingerprint density at radius 1 is 1.28 bits per heavy atom. The van der Waals surface area contributed by atoms with E-state index in [0.29, 0.717) is 25.5 Å². The number of nitrogens with one attached hydrogen (secondary N) is 1. The van der Waals surface area contributed by atoms with Gasteiger partial charge >= 0.3 is 6.03 Å². The standard InChI is InChI=1S/C17H23N5O2S/c1-13(2)24-15-14(4-3-5-18-15)12-20-16(23)21-7-9-22(10-8-21)17-19-6-11-25-17/h3-6,11,13H,7-10,12H2,1-2H3,(H,20,23). The molecule has 1 aliphatic heterocycles. The van der Waals surface area contributed by atoms with Crippen LogP contribution < -0.4 is 15.0 Å². The van der Waals surface area contributed by atoms with E-state index in [4.69, 9.17) is 4.74 Å². The zero-order valence-electron chi connectivity index (χ0n) is 14.5. The molecule has 2 aromatic rings. The van der Waals surface area contributed by atoms with Gasteiger partial charge in [-0.05, 0) is 19.9 Å². The van der Waals surface area contributed by atoms with Crippen LogP contribution >= 0.6 is 11.3 Å². The second-order valence-corrected chi connectivity index (χ2v) is 6.95. The van der Waals surface area contributed by atoms with Gasteiger partial charge in [0.2, 0.25) is 5.88 Å². The third kappa shape index (κ3) is 4.60. The van der Waals surface area contributed by atoms with Gasteiger partial charge in [-0.3, -0.25) is 0 Å².